The molecule has 2 atom stereocenters. The smallest absolute Gasteiger partial charge is 0.223 e. The molecule has 1 amide bonds. The first kappa shape index (κ1) is 16.1. The lowest BCUT2D eigenvalue weighted by Crippen LogP contribution is -2.41. The summed E-state index contributed by atoms with van der Waals surface area (Å²) in [6.45, 7) is 5.10. The van der Waals surface area contributed by atoms with Crippen molar-refractivity contribution in [3.05, 3.63) is 34.9 Å². The van der Waals surface area contributed by atoms with Gasteiger partial charge in [-0.05, 0) is 75.0 Å². The molecule has 24 heavy (non-hydrogen) atoms. The van der Waals surface area contributed by atoms with Crippen molar-refractivity contribution in [2.24, 2.45) is 5.92 Å². The van der Waals surface area contributed by atoms with Crippen LogP contribution in [0.1, 0.15) is 61.6 Å². The summed E-state index contributed by atoms with van der Waals surface area (Å²) in [7, 11) is 0. The summed E-state index contributed by atoms with van der Waals surface area (Å²) in [5.74, 6) is 0.985. The molecule has 1 aromatic rings. The normalized spacial score (nSPS) is 28.8. The molecule has 2 heterocycles. The van der Waals surface area contributed by atoms with Crippen molar-refractivity contribution in [1.82, 2.24) is 10.2 Å². The van der Waals surface area contributed by atoms with E-state index in [2.05, 4.69) is 42.3 Å². The van der Waals surface area contributed by atoms with Gasteiger partial charge in [-0.3, -0.25) is 4.79 Å². The number of amides is 1. The first-order valence-electron chi connectivity index (χ1n) is 9.70. The minimum Gasteiger partial charge on any atom is -0.335 e. The highest BCUT2D eigenvalue weighted by Gasteiger charge is 2.37. The van der Waals surface area contributed by atoms with Gasteiger partial charge in [0.25, 0.3) is 0 Å². The van der Waals surface area contributed by atoms with Gasteiger partial charge in [-0.15, -0.1) is 0 Å². The molecule has 3 fully saturated rings. The molecule has 2 saturated heterocycles. The quantitative estimate of drug-likeness (QED) is 0.894. The second-order valence-electron chi connectivity index (χ2n) is 8.35. The number of carbonyl (C=O) groups excluding carboxylic acids is 1. The maximum atomic E-state index is 13.0. The fourth-order valence-electron chi connectivity index (χ4n) is 4.61. The van der Waals surface area contributed by atoms with E-state index in [-0.39, 0.29) is 0 Å². The van der Waals surface area contributed by atoms with Crippen molar-refractivity contribution in [1.29, 1.82) is 0 Å². The predicted octanol–water partition coefficient (Wildman–Crippen LogP) is 3.72. The molecule has 130 valence electrons. The summed E-state index contributed by atoms with van der Waals surface area (Å²) in [4.78, 5) is 15.2. The average Bonchev–Trinajstić information content (AvgIpc) is 3.33. The minimum absolute atomic E-state index is 0.391. The molecular weight excluding hydrogens is 296 g/mol. The number of aryl methyl sites for hydroxylation is 2. The van der Waals surface area contributed by atoms with Gasteiger partial charge in [0.15, 0.2) is 0 Å². The molecule has 3 heteroatoms. The lowest BCUT2D eigenvalue weighted by molar-refractivity contribution is -0.133. The Kier molecular flexibility index (Phi) is 4.38. The zero-order valence-electron chi connectivity index (χ0n) is 15.1. The van der Waals surface area contributed by atoms with Crippen LogP contribution in [0, 0.1) is 19.8 Å². The van der Waals surface area contributed by atoms with Crippen molar-refractivity contribution >= 4 is 5.91 Å². The second kappa shape index (κ2) is 6.51. The van der Waals surface area contributed by atoms with Gasteiger partial charge in [-0.25, -0.2) is 0 Å². The molecular formula is C21H30N2O. The standard InChI is InChI=1S/C21H30N2O/c1-14-3-4-16(9-15(14)2)13-23(20-7-8-20)21(24)12-17-10-18-5-6-19(11-17)22-18/h3-4,9,17-20,22H,5-8,10-13H2,1-2H3. The highest BCUT2D eigenvalue weighted by atomic mass is 16.2. The number of piperidine rings is 1. The van der Waals surface area contributed by atoms with Crippen molar-refractivity contribution < 1.29 is 4.79 Å². The van der Waals surface area contributed by atoms with E-state index in [0.29, 0.717) is 30.0 Å². The molecule has 1 saturated carbocycles. The Morgan fingerprint density at radius 3 is 2.42 bits per heavy atom. The Labute approximate surface area is 145 Å². The van der Waals surface area contributed by atoms with Crippen LogP contribution in [-0.4, -0.2) is 28.9 Å². The number of rotatable bonds is 5. The molecule has 1 N–H and O–H groups in total. The Morgan fingerprint density at radius 2 is 1.79 bits per heavy atom. The zero-order chi connectivity index (χ0) is 16.7. The molecule has 3 nitrogen and oxygen atoms in total. The number of nitrogens with zero attached hydrogens (tertiary/aromatic N) is 1. The number of fused-ring (bicyclic) bond motifs is 2. The fourth-order valence-corrected chi connectivity index (χ4v) is 4.61. The first-order chi connectivity index (χ1) is 11.6. The lowest BCUT2D eigenvalue weighted by atomic mass is 9.89. The number of nitrogens with one attached hydrogen (secondary N) is 1. The summed E-state index contributed by atoms with van der Waals surface area (Å²) in [6, 6.07) is 8.48. The third-order valence-corrected chi connectivity index (χ3v) is 6.27. The van der Waals surface area contributed by atoms with E-state index in [1.807, 2.05) is 0 Å². The van der Waals surface area contributed by atoms with E-state index in [4.69, 9.17) is 0 Å². The maximum absolute atomic E-state index is 13.0. The third-order valence-electron chi connectivity index (χ3n) is 6.27. The fraction of sp³-hybridized carbons (Fsp3) is 0.667. The van der Waals surface area contributed by atoms with Gasteiger partial charge in [0.2, 0.25) is 5.91 Å². The van der Waals surface area contributed by atoms with Crippen molar-refractivity contribution in [2.75, 3.05) is 0 Å². The Hall–Kier alpha value is -1.35. The van der Waals surface area contributed by atoms with Crippen LogP contribution in [0.25, 0.3) is 0 Å². The third kappa shape index (κ3) is 3.51. The van der Waals surface area contributed by atoms with Crippen LogP contribution in [0.5, 0.6) is 0 Å². The Morgan fingerprint density at radius 1 is 1.08 bits per heavy atom. The molecule has 1 aromatic carbocycles. The van der Waals surface area contributed by atoms with Gasteiger partial charge in [-0.1, -0.05) is 18.2 Å². The van der Waals surface area contributed by atoms with Crippen LogP contribution in [0.15, 0.2) is 18.2 Å². The van der Waals surface area contributed by atoms with Crippen LogP contribution in [0.2, 0.25) is 0 Å². The highest BCUT2D eigenvalue weighted by molar-refractivity contribution is 5.77. The molecule has 2 aliphatic heterocycles. The molecule has 0 aromatic heterocycles. The SMILES string of the molecule is Cc1ccc(CN(C(=O)CC2CC3CCC(C2)N3)C2CC2)cc1C. The zero-order valence-corrected chi connectivity index (χ0v) is 15.1. The molecule has 4 rings (SSSR count). The second-order valence-corrected chi connectivity index (χ2v) is 8.35. The minimum atomic E-state index is 0.391. The van der Waals surface area contributed by atoms with E-state index in [0.717, 1.165) is 13.0 Å². The van der Waals surface area contributed by atoms with Gasteiger partial charge in [0, 0.05) is 31.1 Å². The number of hydrogen-bond acceptors (Lipinski definition) is 2. The van der Waals surface area contributed by atoms with E-state index >= 15 is 0 Å². The van der Waals surface area contributed by atoms with Crippen LogP contribution in [0.3, 0.4) is 0 Å². The number of carbonyl (C=O) groups is 1. The van der Waals surface area contributed by atoms with Crippen molar-refractivity contribution in [3.63, 3.8) is 0 Å². The van der Waals surface area contributed by atoms with Crippen LogP contribution in [0.4, 0.5) is 0 Å². The van der Waals surface area contributed by atoms with E-state index in [1.165, 1.54) is 55.2 Å². The summed E-state index contributed by atoms with van der Waals surface area (Å²) in [5, 5.41) is 3.68. The van der Waals surface area contributed by atoms with Gasteiger partial charge < -0.3 is 10.2 Å². The van der Waals surface area contributed by atoms with Crippen molar-refractivity contribution in [2.45, 2.75) is 83.5 Å². The van der Waals surface area contributed by atoms with Crippen LogP contribution < -0.4 is 5.32 Å². The Bertz CT molecular complexity index is 610. The van der Waals surface area contributed by atoms with E-state index in [1.54, 1.807) is 0 Å². The molecule has 2 unspecified atom stereocenters. The monoisotopic (exact) mass is 326 g/mol. The van der Waals surface area contributed by atoms with E-state index in [9.17, 15) is 4.79 Å². The van der Waals surface area contributed by atoms with Crippen LogP contribution >= 0.6 is 0 Å². The van der Waals surface area contributed by atoms with Crippen LogP contribution in [-0.2, 0) is 11.3 Å². The largest absolute Gasteiger partial charge is 0.335 e. The van der Waals surface area contributed by atoms with Gasteiger partial charge in [-0.2, -0.15) is 0 Å². The molecule has 0 radical (unpaired) electrons. The summed E-state index contributed by atoms with van der Waals surface area (Å²) >= 11 is 0. The Balaban J connectivity index is 1.41. The molecule has 2 bridgehead atoms. The molecule has 0 spiro atoms. The maximum Gasteiger partial charge on any atom is 0.223 e. The van der Waals surface area contributed by atoms with Gasteiger partial charge >= 0.3 is 0 Å². The van der Waals surface area contributed by atoms with E-state index < -0.39 is 0 Å². The topological polar surface area (TPSA) is 32.3 Å². The average molecular weight is 326 g/mol. The number of benzene rings is 1. The first-order valence-corrected chi connectivity index (χ1v) is 9.70. The molecule has 3 aliphatic rings. The predicted molar refractivity (Wildman–Crippen MR) is 96.8 cm³/mol. The summed E-state index contributed by atoms with van der Waals surface area (Å²) < 4.78 is 0. The summed E-state index contributed by atoms with van der Waals surface area (Å²) in [5.41, 5.74) is 3.93. The summed E-state index contributed by atoms with van der Waals surface area (Å²) in [6.07, 6.45) is 8.15. The molecule has 1 aliphatic carbocycles. The highest BCUT2D eigenvalue weighted by Crippen LogP contribution is 2.35. The lowest BCUT2D eigenvalue weighted by Gasteiger charge is -2.31. The van der Waals surface area contributed by atoms with Crippen molar-refractivity contribution in [3.8, 4) is 0 Å². The number of hydrogen-bond donors (Lipinski definition) is 1. The van der Waals surface area contributed by atoms with Gasteiger partial charge in [0.1, 0.15) is 0 Å². The van der Waals surface area contributed by atoms with Gasteiger partial charge in [0.05, 0.1) is 0 Å².